The standard InChI is InChI=1S/C12H16N2O4S/c13-19(17,18)10-6-12(16)14(7-10)11(8-15)9-4-2-1-3-5-9/h1-5,10-11,15H,6-8H2,(H2,13,17,18). The molecule has 1 fully saturated rings. The van der Waals surface area contributed by atoms with Gasteiger partial charge in [-0.1, -0.05) is 30.3 Å². The molecule has 0 aliphatic carbocycles. The maximum Gasteiger partial charge on any atom is 0.224 e. The highest BCUT2D eigenvalue weighted by atomic mass is 32.2. The Morgan fingerprint density at radius 1 is 1.37 bits per heavy atom. The van der Waals surface area contributed by atoms with Gasteiger partial charge < -0.3 is 10.0 Å². The summed E-state index contributed by atoms with van der Waals surface area (Å²) >= 11 is 0. The SMILES string of the molecule is NS(=O)(=O)C1CC(=O)N(C(CO)c2ccccc2)C1. The molecule has 0 bridgehead atoms. The molecule has 104 valence electrons. The predicted molar refractivity (Wildman–Crippen MR) is 69.5 cm³/mol. The first-order chi connectivity index (χ1) is 8.93. The van der Waals surface area contributed by atoms with E-state index in [-0.39, 0.29) is 25.5 Å². The average Bonchev–Trinajstić information content (AvgIpc) is 2.74. The minimum atomic E-state index is -3.74. The van der Waals surface area contributed by atoms with Crippen LogP contribution in [0.15, 0.2) is 30.3 Å². The zero-order chi connectivity index (χ0) is 14.0. The Bertz CT molecular complexity index is 558. The number of nitrogens with zero attached hydrogens (tertiary/aromatic N) is 1. The van der Waals surface area contributed by atoms with Crippen LogP contribution in [0.2, 0.25) is 0 Å². The Hall–Kier alpha value is -1.44. The zero-order valence-electron chi connectivity index (χ0n) is 10.3. The fraction of sp³-hybridized carbons (Fsp3) is 0.417. The van der Waals surface area contributed by atoms with Crippen molar-refractivity contribution in [1.82, 2.24) is 4.90 Å². The molecule has 0 saturated carbocycles. The number of aliphatic hydroxyl groups excluding tert-OH is 1. The summed E-state index contributed by atoms with van der Waals surface area (Å²) in [6.45, 7) is -0.231. The van der Waals surface area contributed by atoms with Crippen LogP contribution < -0.4 is 5.14 Å². The van der Waals surface area contributed by atoms with E-state index in [0.717, 1.165) is 5.56 Å². The number of sulfonamides is 1. The van der Waals surface area contributed by atoms with Crippen molar-refractivity contribution in [2.24, 2.45) is 5.14 Å². The van der Waals surface area contributed by atoms with Crippen molar-refractivity contribution >= 4 is 15.9 Å². The number of amides is 1. The van der Waals surface area contributed by atoms with Gasteiger partial charge in [-0.2, -0.15) is 0 Å². The number of carbonyl (C=O) groups excluding carboxylic acids is 1. The Kier molecular flexibility index (Phi) is 3.88. The molecule has 1 aromatic rings. The number of hydrogen-bond donors (Lipinski definition) is 2. The molecule has 1 amide bonds. The van der Waals surface area contributed by atoms with E-state index < -0.39 is 21.3 Å². The topological polar surface area (TPSA) is 101 Å². The third-order valence-electron chi connectivity index (χ3n) is 3.32. The fourth-order valence-electron chi connectivity index (χ4n) is 2.28. The van der Waals surface area contributed by atoms with Crippen molar-refractivity contribution in [3.8, 4) is 0 Å². The highest BCUT2D eigenvalue weighted by Gasteiger charge is 2.39. The third kappa shape index (κ3) is 2.94. The summed E-state index contributed by atoms with van der Waals surface area (Å²) in [7, 11) is -3.74. The first kappa shape index (κ1) is 14.0. The molecule has 7 heteroatoms. The first-order valence-electron chi connectivity index (χ1n) is 5.90. The number of nitrogens with two attached hydrogens (primary N) is 1. The van der Waals surface area contributed by atoms with Crippen molar-refractivity contribution in [3.63, 3.8) is 0 Å². The number of benzene rings is 1. The van der Waals surface area contributed by atoms with Crippen LogP contribution in [0.3, 0.4) is 0 Å². The molecule has 2 rings (SSSR count). The Balaban J connectivity index is 2.24. The molecule has 2 atom stereocenters. The maximum absolute atomic E-state index is 11.9. The first-order valence-corrected chi connectivity index (χ1v) is 7.51. The Morgan fingerprint density at radius 3 is 2.47 bits per heavy atom. The molecule has 0 radical (unpaired) electrons. The van der Waals surface area contributed by atoms with E-state index in [1.807, 2.05) is 6.07 Å². The van der Waals surface area contributed by atoms with Crippen LogP contribution in [0.25, 0.3) is 0 Å². The lowest BCUT2D eigenvalue weighted by Crippen LogP contribution is -2.35. The van der Waals surface area contributed by atoms with E-state index in [0.29, 0.717) is 0 Å². The van der Waals surface area contributed by atoms with Crippen LogP contribution in [0.5, 0.6) is 0 Å². The van der Waals surface area contributed by atoms with E-state index in [1.165, 1.54) is 4.90 Å². The summed E-state index contributed by atoms with van der Waals surface area (Å²) < 4.78 is 22.6. The molecular formula is C12H16N2O4S. The molecule has 1 aromatic carbocycles. The van der Waals surface area contributed by atoms with Crippen LogP contribution in [-0.4, -0.2) is 42.7 Å². The monoisotopic (exact) mass is 284 g/mol. The van der Waals surface area contributed by atoms with Crippen molar-refractivity contribution in [3.05, 3.63) is 35.9 Å². The summed E-state index contributed by atoms with van der Waals surface area (Å²) in [5.41, 5.74) is 0.772. The fourth-order valence-corrected chi connectivity index (χ4v) is 3.02. The smallest absolute Gasteiger partial charge is 0.224 e. The Morgan fingerprint density at radius 2 is 2.00 bits per heavy atom. The molecule has 1 aliphatic heterocycles. The lowest BCUT2D eigenvalue weighted by molar-refractivity contribution is -0.130. The van der Waals surface area contributed by atoms with Crippen LogP contribution in [0.1, 0.15) is 18.0 Å². The van der Waals surface area contributed by atoms with Gasteiger partial charge in [0.1, 0.15) is 5.25 Å². The summed E-state index contributed by atoms with van der Waals surface area (Å²) in [6, 6.07) is 8.49. The van der Waals surface area contributed by atoms with E-state index in [2.05, 4.69) is 0 Å². The van der Waals surface area contributed by atoms with Gasteiger partial charge in [-0.25, -0.2) is 13.6 Å². The number of primary sulfonamides is 1. The predicted octanol–water partition coefficient (Wildman–Crippen LogP) is -0.391. The number of aliphatic hydroxyl groups is 1. The van der Waals surface area contributed by atoms with Gasteiger partial charge in [0.05, 0.1) is 12.6 Å². The average molecular weight is 284 g/mol. The van der Waals surface area contributed by atoms with Gasteiger partial charge in [-0.3, -0.25) is 4.79 Å². The van der Waals surface area contributed by atoms with Crippen molar-refractivity contribution in [1.29, 1.82) is 0 Å². The molecular weight excluding hydrogens is 268 g/mol. The Labute approximate surface area is 111 Å². The molecule has 2 unspecified atom stereocenters. The molecule has 1 aliphatic rings. The molecule has 6 nitrogen and oxygen atoms in total. The van der Waals surface area contributed by atoms with E-state index in [1.54, 1.807) is 24.3 Å². The summed E-state index contributed by atoms with van der Waals surface area (Å²) in [4.78, 5) is 13.3. The van der Waals surface area contributed by atoms with Crippen molar-refractivity contribution in [2.75, 3.05) is 13.2 Å². The van der Waals surface area contributed by atoms with Gasteiger partial charge in [-0.05, 0) is 5.56 Å². The number of carbonyl (C=O) groups is 1. The number of hydrogen-bond acceptors (Lipinski definition) is 4. The second-order valence-corrected chi connectivity index (χ2v) is 6.42. The van der Waals surface area contributed by atoms with Crippen LogP contribution >= 0.6 is 0 Å². The second kappa shape index (κ2) is 5.28. The largest absolute Gasteiger partial charge is 0.394 e. The minimum Gasteiger partial charge on any atom is -0.394 e. The van der Waals surface area contributed by atoms with Crippen molar-refractivity contribution < 1.29 is 18.3 Å². The quantitative estimate of drug-likeness (QED) is 0.786. The minimum absolute atomic E-state index is 0.0256. The number of rotatable bonds is 4. The summed E-state index contributed by atoms with van der Waals surface area (Å²) in [5, 5.41) is 13.7. The molecule has 1 saturated heterocycles. The molecule has 3 N–H and O–H groups in total. The highest BCUT2D eigenvalue weighted by molar-refractivity contribution is 7.89. The molecule has 0 spiro atoms. The van der Waals surface area contributed by atoms with Gasteiger partial charge in [0.15, 0.2) is 0 Å². The highest BCUT2D eigenvalue weighted by Crippen LogP contribution is 2.27. The van der Waals surface area contributed by atoms with Crippen LogP contribution in [0, 0.1) is 0 Å². The van der Waals surface area contributed by atoms with E-state index in [4.69, 9.17) is 5.14 Å². The third-order valence-corrected chi connectivity index (χ3v) is 4.57. The maximum atomic E-state index is 11.9. The van der Waals surface area contributed by atoms with E-state index >= 15 is 0 Å². The van der Waals surface area contributed by atoms with Crippen molar-refractivity contribution in [2.45, 2.75) is 17.7 Å². The van der Waals surface area contributed by atoms with Gasteiger partial charge in [0, 0.05) is 13.0 Å². The van der Waals surface area contributed by atoms with Crippen LogP contribution in [0.4, 0.5) is 0 Å². The van der Waals surface area contributed by atoms with Gasteiger partial charge in [0.2, 0.25) is 15.9 Å². The number of likely N-dealkylation sites (tertiary alicyclic amines) is 1. The lowest BCUT2D eigenvalue weighted by Gasteiger charge is -2.26. The zero-order valence-corrected chi connectivity index (χ0v) is 11.1. The normalized spacial score (nSPS) is 21.7. The summed E-state index contributed by atoms with van der Waals surface area (Å²) in [6.07, 6.45) is -0.123. The second-order valence-electron chi connectivity index (χ2n) is 4.57. The molecule has 1 heterocycles. The van der Waals surface area contributed by atoms with Gasteiger partial charge >= 0.3 is 0 Å². The summed E-state index contributed by atoms with van der Waals surface area (Å²) in [5.74, 6) is -0.304. The van der Waals surface area contributed by atoms with E-state index in [9.17, 15) is 18.3 Å². The molecule has 0 aromatic heterocycles. The molecule has 19 heavy (non-hydrogen) atoms. The van der Waals surface area contributed by atoms with Gasteiger partial charge in [-0.15, -0.1) is 0 Å². The van der Waals surface area contributed by atoms with Gasteiger partial charge in [0.25, 0.3) is 0 Å². The van der Waals surface area contributed by atoms with Crippen LogP contribution in [-0.2, 0) is 14.8 Å². The lowest BCUT2D eigenvalue weighted by atomic mass is 10.1.